The molecule has 1 aliphatic heterocycles. The van der Waals surface area contributed by atoms with Crippen LogP contribution >= 0.6 is 0 Å². The van der Waals surface area contributed by atoms with Crippen LogP contribution in [0.2, 0.25) is 0 Å². The Morgan fingerprint density at radius 1 is 1.45 bits per heavy atom. The van der Waals surface area contributed by atoms with Crippen molar-refractivity contribution in [2.24, 2.45) is 0 Å². The second-order valence-corrected chi connectivity index (χ2v) is 5.44. The van der Waals surface area contributed by atoms with Crippen molar-refractivity contribution in [1.82, 2.24) is 9.97 Å². The summed E-state index contributed by atoms with van der Waals surface area (Å²) in [5, 5.41) is 3.08. The van der Waals surface area contributed by atoms with Gasteiger partial charge in [-0.05, 0) is 20.8 Å². The lowest BCUT2D eigenvalue weighted by molar-refractivity contribution is -0.0279. The molecule has 0 bridgehead atoms. The number of nitrogens with zero attached hydrogens (tertiary/aromatic N) is 3. The third kappa shape index (κ3) is 3.80. The highest BCUT2D eigenvalue weighted by atomic mass is 16.5. The van der Waals surface area contributed by atoms with Gasteiger partial charge in [-0.3, -0.25) is 0 Å². The van der Waals surface area contributed by atoms with E-state index in [2.05, 4.69) is 34.0 Å². The lowest BCUT2D eigenvalue weighted by Gasteiger charge is -2.38. The van der Waals surface area contributed by atoms with E-state index in [0.29, 0.717) is 25.6 Å². The van der Waals surface area contributed by atoms with Crippen LogP contribution in [0.4, 0.5) is 11.6 Å². The number of ether oxygens (including phenoxy) is 2. The third-order valence-corrected chi connectivity index (χ3v) is 3.20. The van der Waals surface area contributed by atoms with Gasteiger partial charge in [0.15, 0.2) is 5.82 Å². The molecular formula is C14H24N4O2. The fraction of sp³-hybridized carbons (Fsp3) is 0.714. The van der Waals surface area contributed by atoms with Crippen LogP contribution in [0.5, 0.6) is 0 Å². The van der Waals surface area contributed by atoms with Crippen LogP contribution in [0.3, 0.4) is 0 Å². The van der Waals surface area contributed by atoms with Gasteiger partial charge in [0.05, 0.1) is 12.2 Å². The first-order valence-corrected chi connectivity index (χ1v) is 7.06. The SMILES string of the molecule is CCOCc1nc(NC)cc(N2CCOC(C)(C)C2)n1. The lowest BCUT2D eigenvalue weighted by atomic mass is 10.1. The molecule has 1 aromatic heterocycles. The molecule has 1 N–H and O–H groups in total. The van der Waals surface area contributed by atoms with Gasteiger partial charge in [0.25, 0.3) is 0 Å². The van der Waals surface area contributed by atoms with Gasteiger partial charge >= 0.3 is 0 Å². The average Bonchev–Trinajstić information content (AvgIpc) is 2.43. The zero-order chi connectivity index (χ0) is 14.6. The van der Waals surface area contributed by atoms with E-state index in [1.807, 2.05) is 20.0 Å². The highest BCUT2D eigenvalue weighted by molar-refractivity contribution is 5.49. The first-order valence-electron chi connectivity index (χ1n) is 7.06. The van der Waals surface area contributed by atoms with E-state index in [1.54, 1.807) is 0 Å². The number of rotatable bonds is 5. The first kappa shape index (κ1) is 15.0. The van der Waals surface area contributed by atoms with Crippen molar-refractivity contribution in [3.8, 4) is 0 Å². The normalized spacial score (nSPS) is 18.1. The van der Waals surface area contributed by atoms with Gasteiger partial charge in [-0.25, -0.2) is 9.97 Å². The van der Waals surface area contributed by atoms with Crippen molar-refractivity contribution < 1.29 is 9.47 Å². The summed E-state index contributed by atoms with van der Waals surface area (Å²) in [7, 11) is 1.86. The largest absolute Gasteiger partial charge is 0.374 e. The molecule has 0 aromatic carbocycles. The van der Waals surface area contributed by atoms with Gasteiger partial charge in [0.2, 0.25) is 0 Å². The molecule has 2 rings (SSSR count). The van der Waals surface area contributed by atoms with Gasteiger partial charge in [0.1, 0.15) is 18.2 Å². The zero-order valence-corrected chi connectivity index (χ0v) is 12.8. The maximum atomic E-state index is 5.74. The van der Waals surface area contributed by atoms with Crippen molar-refractivity contribution in [3.63, 3.8) is 0 Å². The van der Waals surface area contributed by atoms with Gasteiger partial charge in [-0.1, -0.05) is 0 Å². The molecule has 0 saturated carbocycles. The van der Waals surface area contributed by atoms with Crippen LogP contribution in [0.1, 0.15) is 26.6 Å². The Morgan fingerprint density at radius 3 is 2.90 bits per heavy atom. The monoisotopic (exact) mass is 280 g/mol. The van der Waals surface area contributed by atoms with Gasteiger partial charge in [-0.15, -0.1) is 0 Å². The van der Waals surface area contributed by atoms with Crippen LogP contribution in [0, 0.1) is 0 Å². The minimum Gasteiger partial charge on any atom is -0.374 e. The molecule has 0 radical (unpaired) electrons. The topological polar surface area (TPSA) is 59.5 Å². The van der Waals surface area contributed by atoms with Crippen molar-refractivity contribution in [2.45, 2.75) is 33.0 Å². The Hall–Kier alpha value is -1.40. The number of morpholine rings is 1. The summed E-state index contributed by atoms with van der Waals surface area (Å²) >= 11 is 0. The molecular weight excluding hydrogens is 256 g/mol. The molecule has 1 fully saturated rings. The van der Waals surface area contributed by atoms with Gasteiger partial charge in [-0.2, -0.15) is 0 Å². The second kappa shape index (κ2) is 6.37. The predicted octanol–water partition coefficient (Wildman–Crippen LogP) is 1.67. The fourth-order valence-corrected chi connectivity index (χ4v) is 2.24. The third-order valence-electron chi connectivity index (χ3n) is 3.20. The summed E-state index contributed by atoms with van der Waals surface area (Å²) in [6.45, 7) is 9.64. The predicted molar refractivity (Wildman–Crippen MR) is 79.2 cm³/mol. The van der Waals surface area contributed by atoms with Crippen molar-refractivity contribution in [2.75, 3.05) is 43.6 Å². The Morgan fingerprint density at radius 2 is 2.25 bits per heavy atom. The smallest absolute Gasteiger partial charge is 0.158 e. The second-order valence-electron chi connectivity index (χ2n) is 5.44. The number of aromatic nitrogens is 2. The van der Waals surface area contributed by atoms with Crippen molar-refractivity contribution in [3.05, 3.63) is 11.9 Å². The summed E-state index contributed by atoms with van der Waals surface area (Å²) in [6, 6.07) is 1.97. The quantitative estimate of drug-likeness (QED) is 0.885. The molecule has 2 heterocycles. The molecule has 112 valence electrons. The Bertz CT molecular complexity index is 451. The van der Waals surface area contributed by atoms with Crippen LogP contribution in [0.15, 0.2) is 6.07 Å². The van der Waals surface area contributed by atoms with Crippen LogP contribution in [0.25, 0.3) is 0 Å². The van der Waals surface area contributed by atoms with Crippen molar-refractivity contribution >= 4 is 11.6 Å². The summed E-state index contributed by atoms with van der Waals surface area (Å²) in [5.41, 5.74) is -0.150. The Labute approximate surface area is 120 Å². The molecule has 6 heteroatoms. The number of hydrogen-bond acceptors (Lipinski definition) is 6. The van der Waals surface area contributed by atoms with E-state index in [0.717, 1.165) is 24.7 Å². The molecule has 1 saturated heterocycles. The molecule has 0 unspecified atom stereocenters. The highest BCUT2D eigenvalue weighted by Crippen LogP contribution is 2.23. The molecule has 0 amide bonds. The van der Waals surface area contributed by atoms with E-state index < -0.39 is 0 Å². The molecule has 1 aliphatic rings. The minimum absolute atomic E-state index is 0.150. The van der Waals surface area contributed by atoms with E-state index in [4.69, 9.17) is 9.47 Å². The Balaban J connectivity index is 2.21. The van der Waals surface area contributed by atoms with E-state index >= 15 is 0 Å². The minimum atomic E-state index is -0.150. The molecule has 6 nitrogen and oxygen atoms in total. The fourth-order valence-electron chi connectivity index (χ4n) is 2.24. The van der Waals surface area contributed by atoms with Gasteiger partial charge < -0.3 is 19.7 Å². The summed E-state index contributed by atoms with van der Waals surface area (Å²) < 4.78 is 11.1. The molecule has 20 heavy (non-hydrogen) atoms. The van der Waals surface area contributed by atoms with Crippen LogP contribution < -0.4 is 10.2 Å². The molecule has 0 aliphatic carbocycles. The standard InChI is InChI=1S/C14H24N4O2/c1-5-19-9-12-16-11(15-4)8-13(17-12)18-6-7-20-14(2,3)10-18/h8H,5-7,9-10H2,1-4H3,(H,15,16,17). The number of hydrogen-bond donors (Lipinski definition) is 1. The average molecular weight is 280 g/mol. The maximum Gasteiger partial charge on any atom is 0.158 e. The summed E-state index contributed by atoms with van der Waals surface area (Å²) in [5.74, 6) is 2.45. The molecule has 1 aromatic rings. The first-order chi connectivity index (χ1) is 9.54. The highest BCUT2D eigenvalue weighted by Gasteiger charge is 2.28. The van der Waals surface area contributed by atoms with Crippen LogP contribution in [-0.4, -0.2) is 48.9 Å². The summed E-state index contributed by atoms with van der Waals surface area (Å²) in [4.78, 5) is 11.3. The molecule has 0 spiro atoms. The number of anilines is 2. The number of nitrogens with one attached hydrogen (secondary N) is 1. The molecule has 0 atom stereocenters. The summed E-state index contributed by atoms with van der Waals surface area (Å²) in [6.07, 6.45) is 0. The van der Waals surface area contributed by atoms with E-state index in [9.17, 15) is 0 Å². The van der Waals surface area contributed by atoms with Gasteiger partial charge in [0, 0.05) is 32.8 Å². The van der Waals surface area contributed by atoms with E-state index in [1.165, 1.54) is 0 Å². The lowest BCUT2D eigenvalue weighted by Crippen LogP contribution is -2.48. The Kier molecular flexibility index (Phi) is 4.77. The van der Waals surface area contributed by atoms with E-state index in [-0.39, 0.29) is 5.60 Å². The van der Waals surface area contributed by atoms with Crippen LogP contribution in [-0.2, 0) is 16.1 Å². The van der Waals surface area contributed by atoms with Crippen molar-refractivity contribution in [1.29, 1.82) is 0 Å². The zero-order valence-electron chi connectivity index (χ0n) is 12.8. The maximum absolute atomic E-state index is 5.74.